The summed E-state index contributed by atoms with van der Waals surface area (Å²) < 4.78 is 0. The predicted octanol–water partition coefficient (Wildman–Crippen LogP) is 0.499. The lowest BCUT2D eigenvalue weighted by Gasteiger charge is -2.40. The average molecular weight is 374 g/mol. The van der Waals surface area contributed by atoms with Crippen LogP contribution in [0.5, 0.6) is 0 Å². The number of amides is 3. The summed E-state index contributed by atoms with van der Waals surface area (Å²) in [5.41, 5.74) is 5.06. The van der Waals surface area contributed by atoms with Crippen LogP contribution in [0.25, 0.3) is 0 Å². The van der Waals surface area contributed by atoms with Gasteiger partial charge in [-0.15, -0.1) is 0 Å². The summed E-state index contributed by atoms with van der Waals surface area (Å²) in [7, 11) is 0. The van der Waals surface area contributed by atoms with Crippen molar-refractivity contribution in [2.75, 3.05) is 50.7 Å². The number of nitrogens with one attached hydrogen (secondary N) is 1. The molecule has 0 unspecified atom stereocenters. The number of aromatic nitrogens is 1. The molecule has 3 heterocycles. The van der Waals surface area contributed by atoms with Gasteiger partial charge >= 0.3 is 6.03 Å². The van der Waals surface area contributed by atoms with E-state index in [1.807, 2.05) is 25.3 Å². The van der Waals surface area contributed by atoms with Crippen molar-refractivity contribution in [3.63, 3.8) is 0 Å². The summed E-state index contributed by atoms with van der Waals surface area (Å²) in [6, 6.07) is 4.92. The monoisotopic (exact) mass is 374 g/mol. The molecule has 3 amide bonds. The van der Waals surface area contributed by atoms with Crippen molar-refractivity contribution in [3.8, 4) is 0 Å². The Labute approximate surface area is 160 Å². The van der Waals surface area contributed by atoms with Gasteiger partial charge in [0, 0.05) is 45.5 Å². The number of likely N-dealkylation sites (tertiary alicyclic amines) is 1. The zero-order valence-corrected chi connectivity index (χ0v) is 16.0. The average Bonchev–Trinajstić information content (AvgIpc) is 2.68. The molecule has 0 aromatic carbocycles. The maximum absolute atomic E-state index is 12.0. The van der Waals surface area contributed by atoms with Crippen molar-refractivity contribution in [3.05, 3.63) is 24.4 Å². The highest BCUT2D eigenvalue weighted by Gasteiger charge is 2.29. The van der Waals surface area contributed by atoms with E-state index in [1.165, 1.54) is 6.42 Å². The van der Waals surface area contributed by atoms with Crippen LogP contribution in [0.15, 0.2) is 24.4 Å². The molecule has 27 heavy (non-hydrogen) atoms. The smallest absolute Gasteiger partial charge is 0.318 e. The number of imide groups is 1. The Kier molecular flexibility index (Phi) is 6.63. The Balaban J connectivity index is 1.46. The Bertz CT molecular complexity index is 632. The van der Waals surface area contributed by atoms with Gasteiger partial charge in [-0.3, -0.25) is 19.9 Å². The number of pyridine rings is 1. The second kappa shape index (κ2) is 9.14. The zero-order chi connectivity index (χ0) is 19.2. The lowest BCUT2D eigenvalue weighted by Crippen LogP contribution is -2.53. The summed E-state index contributed by atoms with van der Waals surface area (Å²) in [5.74, 6) is 1.28. The number of nitrogens with zero attached hydrogens (tertiary/aromatic N) is 4. The molecule has 0 radical (unpaired) electrons. The van der Waals surface area contributed by atoms with Crippen molar-refractivity contribution in [2.24, 2.45) is 11.7 Å². The van der Waals surface area contributed by atoms with Crippen LogP contribution in [-0.4, -0.2) is 78.6 Å². The van der Waals surface area contributed by atoms with Crippen LogP contribution >= 0.6 is 0 Å². The van der Waals surface area contributed by atoms with Crippen molar-refractivity contribution < 1.29 is 9.59 Å². The maximum atomic E-state index is 12.0. The number of hydrogen-bond acceptors (Lipinski definition) is 6. The van der Waals surface area contributed by atoms with E-state index in [2.05, 4.69) is 31.1 Å². The number of urea groups is 1. The maximum Gasteiger partial charge on any atom is 0.318 e. The van der Waals surface area contributed by atoms with Gasteiger partial charge in [0.05, 0.1) is 6.04 Å². The number of piperidine rings is 1. The highest BCUT2D eigenvalue weighted by Crippen LogP contribution is 2.21. The number of rotatable bonds is 5. The minimum absolute atomic E-state index is 0.313. The van der Waals surface area contributed by atoms with Gasteiger partial charge in [-0.2, -0.15) is 0 Å². The lowest BCUT2D eigenvalue weighted by molar-refractivity contribution is -0.125. The fraction of sp³-hybridized carbons (Fsp3) is 0.632. The van der Waals surface area contributed by atoms with Crippen LogP contribution in [0.3, 0.4) is 0 Å². The van der Waals surface area contributed by atoms with E-state index >= 15 is 0 Å². The van der Waals surface area contributed by atoms with Crippen molar-refractivity contribution in [1.29, 1.82) is 0 Å². The molecule has 2 aliphatic heterocycles. The van der Waals surface area contributed by atoms with Gasteiger partial charge in [-0.05, 0) is 44.4 Å². The van der Waals surface area contributed by atoms with Gasteiger partial charge in [0.2, 0.25) is 5.91 Å². The first kappa shape index (κ1) is 19.6. The molecular weight excluding hydrogens is 344 g/mol. The Hall–Kier alpha value is -2.19. The molecule has 2 atom stereocenters. The number of anilines is 1. The van der Waals surface area contributed by atoms with E-state index in [0.29, 0.717) is 5.92 Å². The summed E-state index contributed by atoms with van der Waals surface area (Å²) in [4.78, 5) is 34.4. The highest BCUT2D eigenvalue weighted by atomic mass is 16.2. The van der Waals surface area contributed by atoms with Crippen LogP contribution in [0.4, 0.5) is 10.6 Å². The summed E-state index contributed by atoms with van der Waals surface area (Å²) >= 11 is 0. The van der Waals surface area contributed by atoms with E-state index in [1.54, 1.807) is 0 Å². The minimum atomic E-state index is -0.786. The third-order valence-corrected chi connectivity index (χ3v) is 5.59. The van der Waals surface area contributed by atoms with E-state index in [9.17, 15) is 9.59 Å². The first-order valence-corrected chi connectivity index (χ1v) is 9.75. The van der Waals surface area contributed by atoms with Gasteiger partial charge in [0.15, 0.2) is 0 Å². The first-order valence-electron chi connectivity index (χ1n) is 9.75. The molecule has 1 aromatic rings. The van der Waals surface area contributed by atoms with Gasteiger partial charge in [-0.1, -0.05) is 6.07 Å². The quantitative estimate of drug-likeness (QED) is 0.779. The van der Waals surface area contributed by atoms with E-state index in [0.717, 1.165) is 58.1 Å². The first-order chi connectivity index (χ1) is 13.0. The van der Waals surface area contributed by atoms with Crippen LogP contribution < -0.4 is 16.0 Å². The molecule has 0 spiro atoms. The summed E-state index contributed by atoms with van der Waals surface area (Å²) in [6.07, 6.45) is 4.10. The summed E-state index contributed by atoms with van der Waals surface area (Å²) in [6.45, 7) is 8.71. The third kappa shape index (κ3) is 5.40. The molecule has 8 heteroatoms. The standard InChI is InChI=1S/C19H30N6O2/c1-15(18(26)22-19(20)27)25-8-4-5-16(14-25)13-23-9-11-24(12-10-23)17-6-2-3-7-21-17/h2-3,6-7,15-16H,4-5,8-14H2,1H3,(H3,20,22,26,27)/t15-,16-/m1/s1. The van der Waals surface area contributed by atoms with Crippen LogP contribution in [-0.2, 0) is 4.79 Å². The highest BCUT2D eigenvalue weighted by molar-refractivity contribution is 5.96. The molecule has 2 fully saturated rings. The van der Waals surface area contributed by atoms with E-state index in [4.69, 9.17) is 5.73 Å². The molecule has 2 saturated heterocycles. The number of hydrogen-bond donors (Lipinski definition) is 2. The zero-order valence-electron chi connectivity index (χ0n) is 16.0. The van der Waals surface area contributed by atoms with E-state index < -0.39 is 6.03 Å². The number of carbonyl (C=O) groups is 2. The molecule has 0 bridgehead atoms. The lowest BCUT2D eigenvalue weighted by atomic mass is 9.96. The van der Waals surface area contributed by atoms with Crippen molar-refractivity contribution in [1.82, 2.24) is 20.1 Å². The van der Waals surface area contributed by atoms with Crippen LogP contribution in [0.1, 0.15) is 19.8 Å². The second-order valence-electron chi connectivity index (χ2n) is 7.51. The topological polar surface area (TPSA) is 94.8 Å². The van der Waals surface area contributed by atoms with Gasteiger partial charge in [0.25, 0.3) is 0 Å². The Morgan fingerprint density at radius 1 is 1.26 bits per heavy atom. The Morgan fingerprint density at radius 2 is 2.04 bits per heavy atom. The Morgan fingerprint density at radius 3 is 2.70 bits per heavy atom. The summed E-state index contributed by atoms with van der Waals surface area (Å²) in [5, 5.41) is 2.19. The van der Waals surface area contributed by atoms with Gasteiger partial charge < -0.3 is 10.6 Å². The fourth-order valence-corrected chi connectivity index (χ4v) is 4.06. The number of nitrogens with two attached hydrogens (primary N) is 1. The van der Waals surface area contributed by atoms with E-state index in [-0.39, 0.29) is 11.9 Å². The molecule has 0 aliphatic carbocycles. The third-order valence-electron chi connectivity index (χ3n) is 5.59. The molecule has 148 valence electrons. The number of piperazine rings is 1. The predicted molar refractivity (Wildman–Crippen MR) is 104 cm³/mol. The molecule has 1 aromatic heterocycles. The van der Waals surface area contributed by atoms with Crippen LogP contribution in [0.2, 0.25) is 0 Å². The second-order valence-corrected chi connectivity index (χ2v) is 7.51. The molecule has 0 saturated carbocycles. The molecule has 2 aliphatic rings. The fourth-order valence-electron chi connectivity index (χ4n) is 4.06. The van der Waals surface area contributed by atoms with Crippen LogP contribution in [0, 0.1) is 5.92 Å². The molecule has 3 rings (SSSR count). The van der Waals surface area contributed by atoms with Gasteiger partial charge in [0.1, 0.15) is 5.82 Å². The SMILES string of the molecule is C[C@H](C(=O)NC(N)=O)N1CCC[C@H](CN2CCN(c3ccccn3)CC2)C1. The van der Waals surface area contributed by atoms with Gasteiger partial charge in [-0.25, -0.2) is 9.78 Å². The molecule has 8 nitrogen and oxygen atoms in total. The largest absolute Gasteiger partial charge is 0.354 e. The minimum Gasteiger partial charge on any atom is -0.354 e. The number of primary amides is 1. The molecule has 3 N–H and O–H groups in total. The van der Waals surface area contributed by atoms with Crippen molar-refractivity contribution in [2.45, 2.75) is 25.8 Å². The normalized spacial score (nSPS) is 23.0. The molecular formula is C19H30N6O2. The number of carbonyl (C=O) groups excluding carboxylic acids is 2. The van der Waals surface area contributed by atoms with Crippen molar-refractivity contribution >= 4 is 17.8 Å².